The number of benzene rings is 1. The molecule has 0 spiro atoms. The molecule has 0 N–H and O–H groups in total. The maximum atomic E-state index is 12.8. The van der Waals surface area contributed by atoms with Crippen molar-refractivity contribution in [1.29, 1.82) is 0 Å². The maximum Gasteiger partial charge on any atom is 0.243 e. The molecule has 1 heterocycles. The van der Waals surface area contributed by atoms with Crippen molar-refractivity contribution in [3.63, 3.8) is 0 Å². The normalized spacial score (nSPS) is 18.4. The van der Waals surface area contributed by atoms with Gasteiger partial charge in [-0.2, -0.15) is 4.31 Å². The third kappa shape index (κ3) is 3.02. The number of piperidine rings is 1. The molecule has 5 heteroatoms. The minimum Gasteiger partial charge on any atom is -0.207 e. The Morgan fingerprint density at radius 3 is 2.10 bits per heavy atom. The Bertz CT molecular complexity index is 567. The van der Waals surface area contributed by atoms with E-state index >= 15 is 0 Å². The maximum absolute atomic E-state index is 12.8. The van der Waals surface area contributed by atoms with Crippen LogP contribution >= 0.6 is 11.6 Å². The van der Waals surface area contributed by atoms with E-state index in [2.05, 4.69) is 0 Å². The molecule has 1 aromatic carbocycles. The van der Waals surface area contributed by atoms with Crippen LogP contribution < -0.4 is 0 Å². The van der Waals surface area contributed by atoms with Crippen molar-refractivity contribution in [1.82, 2.24) is 4.31 Å². The van der Waals surface area contributed by atoms with Gasteiger partial charge in [-0.25, -0.2) is 8.42 Å². The second kappa shape index (κ2) is 6.04. The van der Waals surface area contributed by atoms with Crippen LogP contribution in [0.15, 0.2) is 17.0 Å². The Morgan fingerprint density at radius 2 is 1.65 bits per heavy atom. The first kappa shape index (κ1) is 15.8. The zero-order valence-corrected chi connectivity index (χ0v) is 13.9. The average molecular weight is 316 g/mol. The first-order valence-corrected chi connectivity index (χ1v) is 8.97. The fourth-order valence-corrected chi connectivity index (χ4v) is 5.20. The molecule has 1 aliphatic rings. The molecule has 1 aliphatic heterocycles. The molecule has 2 rings (SSSR count). The number of aryl methyl sites for hydroxylation is 3. The van der Waals surface area contributed by atoms with Crippen LogP contribution in [0.5, 0.6) is 0 Å². The summed E-state index contributed by atoms with van der Waals surface area (Å²) < 4.78 is 27.3. The highest BCUT2D eigenvalue weighted by Crippen LogP contribution is 2.28. The van der Waals surface area contributed by atoms with E-state index in [9.17, 15) is 8.42 Å². The van der Waals surface area contributed by atoms with Gasteiger partial charge in [0.15, 0.2) is 0 Å². The second-order valence-corrected chi connectivity index (χ2v) is 7.91. The standard InChI is InChI=1S/C15H22ClNO2S/c1-11-8-12(2)15(13(3)9-11)20(18,19)17-6-4-14(10-16)5-7-17/h8-9,14H,4-7,10H2,1-3H3. The largest absolute Gasteiger partial charge is 0.243 e. The lowest BCUT2D eigenvalue weighted by Crippen LogP contribution is -2.39. The van der Waals surface area contributed by atoms with Gasteiger partial charge in [0.25, 0.3) is 0 Å². The molecule has 0 atom stereocenters. The zero-order valence-electron chi connectivity index (χ0n) is 12.3. The zero-order chi connectivity index (χ0) is 14.9. The van der Waals surface area contributed by atoms with Gasteiger partial charge in [0.1, 0.15) is 0 Å². The summed E-state index contributed by atoms with van der Waals surface area (Å²) >= 11 is 5.86. The molecule has 1 fully saturated rings. The van der Waals surface area contributed by atoms with Crippen LogP contribution in [0.4, 0.5) is 0 Å². The minimum absolute atomic E-state index is 0.448. The van der Waals surface area contributed by atoms with E-state index < -0.39 is 10.0 Å². The van der Waals surface area contributed by atoms with Gasteiger partial charge in [0, 0.05) is 19.0 Å². The van der Waals surface area contributed by atoms with Crippen LogP contribution in [0.3, 0.4) is 0 Å². The molecule has 112 valence electrons. The van der Waals surface area contributed by atoms with Gasteiger partial charge >= 0.3 is 0 Å². The Labute approximate surface area is 127 Å². The summed E-state index contributed by atoms with van der Waals surface area (Å²) in [6.45, 7) is 6.89. The summed E-state index contributed by atoms with van der Waals surface area (Å²) in [6.07, 6.45) is 1.71. The highest BCUT2D eigenvalue weighted by molar-refractivity contribution is 7.89. The van der Waals surface area contributed by atoms with Crippen molar-refractivity contribution >= 4 is 21.6 Å². The summed E-state index contributed by atoms with van der Waals surface area (Å²) in [5, 5.41) is 0. The molecular formula is C15H22ClNO2S. The van der Waals surface area contributed by atoms with E-state index in [1.165, 1.54) is 0 Å². The smallest absolute Gasteiger partial charge is 0.207 e. The van der Waals surface area contributed by atoms with Gasteiger partial charge in [0.2, 0.25) is 10.0 Å². The number of halogens is 1. The summed E-state index contributed by atoms with van der Waals surface area (Å²) in [4.78, 5) is 0.479. The van der Waals surface area contributed by atoms with E-state index in [-0.39, 0.29) is 0 Å². The lowest BCUT2D eigenvalue weighted by Gasteiger charge is -2.31. The van der Waals surface area contributed by atoms with Gasteiger partial charge in [-0.3, -0.25) is 0 Å². The van der Waals surface area contributed by atoms with E-state index in [1.807, 2.05) is 32.9 Å². The molecule has 0 radical (unpaired) electrons. The fourth-order valence-electron chi connectivity index (χ4n) is 3.01. The fraction of sp³-hybridized carbons (Fsp3) is 0.600. The first-order valence-electron chi connectivity index (χ1n) is 7.00. The Hall–Kier alpha value is -0.580. The van der Waals surface area contributed by atoms with Crippen molar-refractivity contribution < 1.29 is 8.42 Å². The van der Waals surface area contributed by atoms with Gasteiger partial charge in [0.05, 0.1) is 4.90 Å². The molecule has 1 saturated heterocycles. The molecule has 0 bridgehead atoms. The Morgan fingerprint density at radius 1 is 1.15 bits per heavy atom. The third-order valence-corrected chi connectivity index (χ3v) is 6.64. The molecule has 0 saturated carbocycles. The number of rotatable bonds is 3. The van der Waals surface area contributed by atoms with Crippen molar-refractivity contribution in [3.8, 4) is 0 Å². The number of alkyl halides is 1. The quantitative estimate of drug-likeness (QED) is 0.803. The minimum atomic E-state index is -3.38. The Kier molecular flexibility index (Phi) is 4.77. The Balaban J connectivity index is 2.32. The molecule has 0 unspecified atom stereocenters. The van der Waals surface area contributed by atoms with Crippen LogP contribution in [0.25, 0.3) is 0 Å². The summed E-state index contributed by atoms with van der Waals surface area (Å²) in [7, 11) is -3.38. The molecule has 0 amide bonds. The van der Waals surface area contributed by atoms with Crippen molar-refractivity contribution in [3.05, 3.63) is 28.8 Å². The van der Waals surface area contributed by atoms with Crippen molar-refractivity contribution in [2.24, 2.45) is 5.92 Å². The van der Waals surface area contributed by atoms with Crippen LogP contribution in [0, 0.1) is 26.7 Å². The highest BCUT2D eigenvalue weighted by Gasteiger charge is 2.31. The van der Waals surface area contributed by atoms with Crippen LogP contribution in [0.1, 0.15) is 29.5 Å². The van der Waals surface area contributed by atoms with E-state index in [4.69, 9.17) is 11.6 Å². The number of hydrogen-bond donors (Lipinski definition) is 0. The van der Waals surface area contributed by atoms with Gasteiger partial charge < -0.3 is 0 Å². The van der Waals surface area contributed by atoms with E-state index in [0.717, 1.165) is 29.5 Å². The molecule has 20 heavy (non-hydrogen) atoms. The summed E-state index contributed by atoms with van der Waals surface area (Å²) in [6, 6.07) is 3.87. The SMILES string of the molecule is Cc1cc(C)c(S(=O)(=O)N2CCC(CCl)CC2)c(C)c1. The molecule has 0 aromatic heterocycles. The topological polar surface area (TPSA) is 37.4 Å². The monoisotopic (exact) mass is 315 g/mol. The molecular weight excluding hydrogens is 294 g/mol. The van der Waals surface area contributed by atoms with E-state index in [0.29, 0.717) is 29.8 Å². The molecule has 3 nitrogen and oxygen atoms in total. The first-order chi connectivity index (χ1) is 9.36. The van der Waals surface area contributed by atoms with E-state index in [1.54, 1.807) is 4.31 Å². The van der Waals surface area contributed by atoms with Gasteiger partial charge in [-0.15, -0.1) is 11.6 Å². The summed E-state index contributed by atoms with van der Waals surface area (Å²) in [5.41, 5.74) is 2.77. The molecule has 0 aliphatic carbocycles. The lowest BCUT2D eigenvalue weighted by atomic mass is 10.0. The van der Waals surface area contributed by atoms with Gasteiger partial charge in [-0.05, 0) is 50.7 Å². The van der Waals surface area contributed by atoms with Crippen LogP contribution in [0.2, 0.25) is 0 Å². The predicted molar refractivity (Wildman–Crippen MR) is 82.9 cm³/mol. The van der Waals surface area contributed by atoms with Crippen molar-refractivity contribution in [2.45, 2.75) is 38.5 Å². The third-order valence-electron chi connectivity index (χ3n) is 3.99. The lowest BCUT2D eigenvalue weighted by molar-refractivity contribution is 0.290. The predicted octanol–water partition coefficient (Wildman–Crippen LogP) is 3.25. The van der Waals surface area contributed by atoms with Crippen LogP contribution in [-0.2, 0) is 10.0 Å². The highest BCUT2D eigenvalue weighted by atomic mass is 35.5. The van der Waals surface area contributed by atoms with Gasteiger partial charge in [-0.1, -0.05) is 17.7 Å². The number of nitrogens with zero attached hydrogens (tertiary/aromatic N) is 1. The second-order valence-electron chi connectivity index (χ2n) is 5.73. The summed E-state index contributed by atoms with van der Waals surface area (Å²) in [5.74, 6) is 1.07. The average Bonchev–Trinajstić information content (AvgIpc) is 2.37. The number of hydrogen-bond acceptors (Lipinski definition) is 2. The van der Waals surface area contributed by atoms with Crippen LogP contribution in [-0.4, -0.2) is 31.7 Å². The number of sulfonamides is 1. The van der Waals surface area contributed by atoms with Crippen molar-refractivity contribution in [2.75, 3.05) is 19.0 Å². The molecule has 1 aromatic rings.